The minimum absolute atomic E-state index is 0.0198. The molecule has 0 spiro atoms. The number of hydrogen-bond acceptors (Lipinski definition) is 8. The number of halogens is 2. The summed E-state index contributed by atoms with van der Waals surface area (Å²) in [6.45, 7) is 0. The lowest BCUT2D eigenvalue weighted by Crippen LogP contribution is -2.15. The van der Waals surface area contributed by atoms with Crippen molar-refractivity contribution in [1.29, 1.82) is 5.26 Å². The molecule has 0 aliphatic rings. The normalized spacial score (nSPS) is 11.0. The topological polar surface area (TPSA) is 122 Å². The van der Waals surface area contributed by atoms with E-state index in [1.165, 1.54) is 48.5 Å². The molecule has 0 bridgehead atoms. The van der Waals surface area contributed by atoms with Gasteiger partial charge in [0, 0.05) is 5.56 Å². The van der Waals surface area contributed by atoms with Crippen molar-refractivity contribution >= 4 is 32.5 Å². The van der Waals surface area contributed by atoms with Crippen LogP contribution in [0.15, 0.2) is 71.6 Å². The predicted octanol–water partition coefficient (Wildman–Crippen LogP) is 4.37. The molecule has 1 amide bonds. The highest BCUT2D eigenvalue weighted by Gasteiger charge is 2.20. The molecule has 3 aromatic carbocycles. The fraction of sp³-hybridized carbons (Fsp3) is 0. The predicted molar refractivity (Wildman–Crippen MR) is 119 cm³/mol. The average Bonchev–Trinajstić information content (AvgIpc) is 3.27. The van der Waals surface area contributed by atoms with Gasteiger partial charge in [-0.25, -0.2) is 8.78 Å². The van der Waals surface area contributed by atoms with E-state index in [2.05, 4.69) is 15.5 Å². The zero-order valence-corrected chi connectivity index (χ0v) is 18.5. The van der Waals surface area contributed by atoms with E-state index in [0.29, 0.717) is 16.1 Å². The summed E-state index contributed by atoms with van der Waals surface area (Å²) in [4.78, 5) is 12.1. The molecule has 8 nitrogen and oxygen atoms in total. The van der Waals surface area contributed by atoms with Crippen molar-refractivity contribution in [3.05, 3.63) is 89.5 Å². The number of hydrogen-bond donors (Lipinski definition) is 1. The summed E-state index contributed by atoms with van der Waals surface area (Å²) in [6.07, 6.45) is 0. The van der Waals surface area contributed by atoms with E-state index in [1.807, 2.05) is 6.07 Å². The Morgan fingerprint density at radius 2 is 1.62 bits per heavy atom. The number of nitrogens with zero attached hydrogens (tertiary/aromatic N) is 3. The van der Waals surface area contributed by atoms with Gasteiger partial charge in [-0.2, -0.15) is 13.7 Å². The van der Waals surface area contributed by atoms with Gasteiger partial charge >= 0.3 is 10.1 Å². The standard InChI is InChI=1S/C22H12F2N4O4S2/c23-17-2-1-3-18(24)19(17)20(29)26-22-28-27-21(33-22)14-6-8-15(9-7-14)32-34(30,31)16-10-4-13(12-25)5-11-16/h1-11H,(H,26,28,29). The highest BCUT2D eigenvalue weighted by molar-refractivity contribution is 7.87. The van der Waals surface area contributed by atoms with Crippen LogP contribution >= 0.6 is 11.3 Å². The average molecular weight is 498 g/mol. The molecule has 34 heavy (non-hydrogen) atoms. The second-order valence-electron chi connectivity index (χ2n) is 6.66. The van der Waals surface area contributed by atoms with Gasteiger partial charge in [0.05, 0.1) is 11.6 Å². The molecule has 1 heterocycles. The molecule has 4 aromatic rings. The van der Waals surface area contributed by atoms with Crippen LogP contribution in [-0.2, 0) is 10.1 Å². The molecule has 0 atom stereocenters. The largest absolute Gasteiger partial charge is 0.379 e. The molecule has 1 aromatic heterocycles. The van der Waals surface area contributed by atoms with E-state index in [4.69, 9.17) is 9.44 Å². The smallest absolute Gasteiger partial charge is 0.339 e. The Morgan fingerprint density at radius 1 is 0.971 bits per heavy atom. The highest BCUT2D eigenvalue weighted by atomic mass is 32.2. The first kappa shape index (κ1) is 23.0. The number of amides is 1. The molecule has 12 heteroatoms. The summed E-state index contributed by atoms with van der Waals surface area (Å²) >= 11 is 0.956. The lowest BCUT2D eigenvalue weighted by Gasteiger charge is -2.07. The lowest BCUT2D eigenvalue weighted by molar-refractivity contribution is 0.101. The number of anilines is 1. The Morgan fingerprint density at radius 3 is 2.24 bits per heavy atom. The molecule has 0 unspecified atom stereocenters. The first-order chi connectivity index (χ1) is 16.3. The summed E-state index contributed by atoms with van der Waals surface area (Å²) < 4.78 is 57.5. The Bertz CT molecular complexity index is 1490. The van der Waals surface area contributed by atoms with Crippen LogP contribution < -0.4 is 9.50 Å². The summed E-state index contributed by atoms with van der Waals surface area (Å²) in [5, 5.41) is 19.2. The van der Waals surface area contributed by atoms with E-state index in [0.717, 1.165) is 29.5 Å². The summed E-state index contributed by atoms with van der Waals surface area (Å²) in [6, 6.07) is 16.1. The number of rotatable bonds is 6. The number of nitrogens with one attached hydrogen (secondary N) is 1. The highest BCUT2D eigenvalue weighted by Crippen LogP contribution is 2.29. The summed E-state index contributed by atoms with van der Waals surface area (Å²) in [5.74, 6) is -2.97. The third kappa shape index (κ3) is 4.90. The first-order valence-corrected chi connectivity index (χ1v) is 11.6. The Kier molecular flexibility index (Phi) is 6.31. The van der Waals surface area contributed by atoms with Gasteiger partial charge in [0.25, 0.3) is 5.91 Å². The maximum atomic E-state index is 13.8. The minimum Gasteiger partial charge on any atom is -0.379 e. The van der Waals surface area contributed by atoms with E-state index in [1.54, 1.807) is 0 Å². The lowest BCUT2D eigenvalue weighted by atomic mass is 10.2. The van der Waals surface area contributed by atoms with E-state index < -0.39 is 33.2 Å². The van der Waals surface area contributed by atoms with E-state index >= 15 is 0 Å². The quantitative estimate of drug-likeness (QED) is 0.392. The molecule has 0 saturated heterocycles. The molecule has 0 aliphatic carbocycles. The molecular formula is C22H12F2N4O4S2. The van der Waals surface area contributed by atoms with Gasteiger partial charge in [-0.3, -0.25) is 10.1 Å². The van der Waals surface area contributed by atoms with Crippen LogP contribution in [0.1, 0.15) is 15.9 Å². The zero-order chi connectivity index (χ0) is 24.3. The third-order valence-corrected chi connectivity index (χ3v) is 6.56. The van der Waals surface area contributed by atoms with Crippen molar-refractivity contribution in [2.75, 3.05) is 5.32 Å². The van der Waals surface area contributed by atoms with Crippen molar-refractivity contribution < 1.29 is 26.2 Å². The fourth-order valence-corrected chi connectivity index (χ4v) is 4.46. The van der Waals surface area contributed by atoms with Gasteiger partial charge in [-0.1, -0.05) is 17.4 Å². The number of aromatic nitrogens is 2. The molecule has 0 radical (unpaired) electrons. The molecule has 0 fully saturated rings. The first-order valence-electron chi connectivity index (χ1n) is 9.41. The van der Waals surface area contributed by atoms with E-state index in [9.17, 15) is 22.0 Å². The Balaban J connectivity index is 1.46. The number of nitriles is 1. The molecular weight excluding hydrogens is 486 g/mol. The maximum Gasteiger partial charge on any atom is 0.339 e. The number of carbonyl (C=O) groups is 1. The minimum atomic E-state index is -4.10. The third-order valence-electron chi connectivity index (χ3n) is 4.41. The number of carbonyl (C=O) groups excluding carboxylic acids is 1. The monoisotopic (exact) mass is 498 g/mol. The van der Waals surface area contributed by atoms with Gasteiger partial charge in [0.15, 0.2) is 0 Å². The van der Waals surface area contributed by atoms with Crippen molar-refractivity contribution in [1.82, 2.24) is 10.2 Å². The number of benzene rings is 3. The SMILES string of the molecule is N#Cc1ccc(S(=O)(=O)Oc2ccc(-c3nnc(NC(=O)c4c(F)cccc4F)s3)cc2)cc1. The van der Waals surface area contributed by atoms with Crippen LogP contribution in [0.4, 0.5) is 13.9 Å². The fourth-order valence-electron chi connectivity index (χ4n) is 2.79. The van der Waals surface area contributed by atoms with Crippen molar-refractivity contribution in [3.63, 3.8) is 0 Å². The van der Waals surface area contributed by atoms with Crippen molar-refractivity contribution in [3.8, 4) is 22.4 Å². The second kappa shape index (κ2) is 9.34. The van der Waals surface area contributed by atoms with Gasteiger partial charge in [-0.15, -0.1) is 10.2 Å². The molecule has 4 rings (SSSR count). The van der Waals surface area contributed by atoms with Crippen LogP contribution in [0, 0.1) is 23.0 Å². The Labute approximate surface area is 196 Å². The molecule has 0 aliphatic heterocycles. The van der Waals surface area contributed by atoms with Gasteiger partial charge < -0.3 is 4.18 Å². The molecule has 0 saturated carbocycles. The van der Waals surface area contributed by atoms with Crippen LogP contribution in [0.3, 0.4) is 0 Å². The zero-order valence-electron chi connectivity index (χ0n) is 16.9. The van der Waals surface area contributed by atoms with Gasteiger partial charge in [0.1, 0.15) is 32.9 Å². The summed E-state index contributed by atoms with van der Waals surface area (Å²) in [5.41, 5.74) is 0.123. The Hall–Kier alpha value is -4.21. The van der Waals surface area contributed by atoms with Crippen LogP contribution in [0.25, 0.3) is 10.6 Å². The molecule has 170 valence electrons. The van der Waals surface area contributed by atoms with Crippen LogP contribution in [0.5, 0.6) is 5.75 Å². The second-order valence-corrected chi connectivity index (χ2v) is 9.19. The van der Waals surface area contributed by atoms with E-state index in [-0.39, 0.29) is 15.8 Å². The van der Waals surface area contributed by atoms with Crippen LogP contribution in [0.2, 0.25) is 0 Å². The van der Waals surface area contributed by atoms with Gasteiger partial charge in [0.2, 0.25) is 5.13 Å². The van der Waals surface area contributed by atoms with Crippen LogP contribution in [-0.4, -0.2) is 24.5 Å². The summed E-state index contributed by atoms with van der Waals surface area (Å²) in [7, 11) is -4.10. The van der Waals surface area contributed by atoms with Crippen molar-refractivity contribution in [2.45, 2.75) is 4.90 Å². The molecule has 1 N–H and O–H groups in total. The van der Waals surface area contributed by atoms with Crippen molar-refractivity contribution in [2.24, 2.45) is 0 Å². The van der Waals surface area contributed by atoms with Gasteiger partial charge in [-0.05, 0) is 60.7 Å². The maximum absolute atomic E-state index is 13.8.